The summed E-state index contributed by atoms with van der Waals surface area (Å²) in [5, 5.41) is 6.58. The molecule has 0 radical (unpaired) electrons. The van der Waals surface area contributed by atoms with Crippen LogP contribution in [-0.4, -0.2) is 61.9 Å². The van der Waals surface area contributed by atoms with E-state index in [1.54, 1.807) is 0 Å². The van der Waals surface area contributed by atoms with Gasteiger partial charge in [0.2, 0.25) is 5.13 Å². The molecule has 1 saturated heterocycles. The van der Waals surface area contributed by atoms with E-state index in [2.05, 4.69) is 29.6 Å². The van der Waals surface area contributed by atoms with Gasteiger partial charge in [-0.15, -0.1) is 0 Å². The van der Waals surface area contributed by atoms with Crippen molar-refractivity contribution in [3.63, 3.8) is 0 Å². The molecule has 1 aliphatic rings. The molecule has 1 fully saturated rings. The molecule has 8 nitrogen and oxygen atoms in total. The van der Waals surface area contributed by atoms with Crippen molar-refractivity contribution in [3.8, 4) is 0 Å². The molecule has 0 amide bonds. The smallest absolute Gasteiger partial charge is 0.266 e. The number of likely N-dealkylation sites (tertiary alicyclic amines) is 1. The standard InChI is InChI=1S/C17H24ClFN6O2S2/c1-20-12-4-7-25(10-12)6-3-2-5-21-15-9-14(19)16(8-13(15)18)29(26,27)24-17-22-11-23-28-17/h8-9,11-12,20-21H,2-7,10H2,1H3,(H,22,23,24)/t12-/m1/s1. The topological polar surface area (TPSA) is 99.2 Å². The molecule has 0 aliphatic carbocycles. The van der Waals surface area contributed by atoms with Crippen LogP contribution in [0.2, 0.25) is 5.02 Å². The first-order chi connectivity index (χ1) is 13.9. The number of likely N-dealkylation sites (N-methyl/N-ethyl adjacent to an activating group) is 1. The van der Waals surface area contributed by atoms with Crippen LogP contribution >= 0.6 is 23.1 Å². The molecule has 160 valence electrons. The second-order valence-corrected chi connectivity index (χ2v) is 9.66. The van der Waals surface area contributed by atoms with E-state index in [0.29, 0.717) is 18.3 Å². The number of aromatic nitrogens is 2. The van der Waals surface area contributed by atoms with Gasteiger partial charge in [-0.1, -0.05) is 11.6 Å². The van der Waals surface area contributed by atoms with Gasteiger partial charge in [0.15, 0.2) is 0 Å². The first kappa shape index (κ1) is 22.2. The zero-order valence-corrected chi connectivity index (χ0v) is 18.4. The molecule has 1 aromatic heterocycles. The van der Waals surface area contributed by atoms with Crippen LogP contribution in [0, 0.1) is 5.82 Å². The molecular formula is C17H24ClFN6O2S2. The Morgan fingerprint density at radius 2 is 2.21 bits per heavy atom. The number of sulfonamides is 1. The summed E-state index contributed by atoms with van der Waals surface area (Å²) in [6, 6.07) is 2.78. The lowest BCUT2D eigenvalue weighted by Crippen LogP contribution is -2.30. The fourth-order valence-electron chi connectivity index (χ4n) is 3.21. The molecular weight excluding hydrogens is 439 g/mol. The van der Waals surface area contributed by atoms with Crippen molar-refractivity contribution in [2.45, 2.75) is 30.2 Å². The number of nitrogens with zero attached hydrogens (tertiary/aromatic N) is 3. The molecule has 0 unspecified atom stereocenters. The Hall–Kier alpha value is -1.53. The maximum absolute atomic E-state index is 14.4. The minimum Gasteiger partial charge on any atom is -0.384 e. The first-order valence-corrected chi connectivity index (χ1v) is 11.9. The molecule has 1 aliphatic heterocycles. The molecule has 12 heteroatoms. The molecule has 1 aromatic carbocycles. The summed E-state index contributed by atoms with van der Waals surface area (Å²) in [6.07, 6.45) is 4.30. The van der Waals surface area contributed by atoms with Gasteiger partial charge in [0.25, 0.3) is 10.0 Å². The summed E-state index contributed by atoms with van der Waals surface area (Å²) < 4.78 is 45.0. The molecule has 3 rings (SSSR count). The number of benzene rings is 1. The Morgan fingerprint density at radius 3 is 2.90 bits per heavy atom. The highest BCUT2D eigenvalue weighted by Gasteiger charge is 2.23. The molecule has 3 N–H and O–H groups in total. The van der Waals surface area contributed by atoms with Gasteiger partial charge >= 0.3 is 0 Å². The van der Waals surface area contributed by atoms with Crippen LogP contribution in [0.15, 0.2) is 23.4 Å². The molecule has 29 heavy (non-hydrogen) atoms. The molecule has 2 heterocycles. The summed E-state index contributed by atoms with van der Waals surface area (Å²) in [5.41, 5.74) is 0.371. The van der Waals surface area contributed by atoms with E-state index in [-0.39, 0.29) is 10.2 Å². The summed E-state index contributed by atoms with van der Waals surface area (Å²) in [7, 11) is -2.15. The zero-order valence-electron chi connectivity index (χ0n) is 16.0. The normalized spacial score (nSPS) is 17.6. The zero-order chi connectivity index (χ0) is 20.9. The minimum atomic E-state index is -4.14. The van der Waals surface area contributed by atoms with Crippen LogP contribution in [0.25, 0.3) is 0 Å². The Kier molecular flexibility index (Phi) is 7.63. The SMILES string of the molecule is CN[C@@H]1CCN(CCCCNc2cc(F)c(S(=O)(=O)Nc3ncns3)cc2Cl)C1. The maximum atomic E-state index is 14.4. The highest BCUT2D eigenvalue weighted by Crippen LogP contribution is 2.29. The van der Waals surface area contributed by atoms with Crippen LogP contribution in [0.4, 0.5) is 15.2 Å². The van der Waals surface area contributed by atoms with Gasteiger partial charge in [-0.2, -0.15) is 4.37 Å². The number of halogens is 2. The summed E-state index contributed by atoms with van der Waals surface area (Å²) in [6.45, 7) is 3.83. The average Bonchev–Trinajstić information content (AvgIpc) is 3.35. The second-order valence-electron chi connectivity index (χ2n) is 6.82. The maximum Gasteiger partial charge on any atom is 0.266 e. The van der Waals surface area contributed by atoms with Gasteiger partial charge in [-0.25, -0.2) is 17.8 Å². The van der Waals surface area contributed by atoms with E-state index in [1.807, 2.05) is 7.05 Å². The van der Waals surface area contributed by atoms with Crippen molar-refractivity contribution in [3.05, 3.63) is 29.3 Å². The Bertz CT molecular complexity index is 913. The summed E-state index contributed by atoms with van der Waals surface area (Å²) in [4.78, 5) is 5.63. The van der Waals surface area contributed by atoms with Crippen molar-refractivity contribution >= 4 is 44.0 Å². The van der Waals surface area contributed by atoms with Gasteiger partial charge < -0.3 is 15.5 Å². The van der Waals surface area contributed by atoms with E-state index in [1.165, 1.54) is 12.7 Å². The van der Waals surface area contributed by atoms with Crippen molar-refractivity contribution in [2.24, 2.45) is 0 Å². The van der Waals surface area contributed by atoms with Gasteiger partial charge in [-0.05, 0) is 51.5 Å². The number of hydrogen-bond acceptors (Lipinski definition) is 8. The second kappa shape index (κ2) is 9.98. The first-order valence-electron chi connectivity index (χ1n) is 9.31. The highest BCUT2D eigenvalue weighted by atomic mass is 35.5. The fraction of sp³-hybridized carbons (Fsp3) is 0.529. The number of anilines is 2. The highest BCUT2D eigenvalue weighted by molar-refractivity contribution is 7.93. The van der Waals surface area contributed by atoms with Crippen LogP contribution in [0.1, 0.15) is 19.3 Å². The minimum absolute atomic E-state index is 0.0572. The lowest BCUT2D eigenvalue weighted by atomic mass is 10.2. The van der Waals surface area contributed by atoms with Gasteiger partial charge in [0, 0.05) is 30.7 Å². The Balaban J connectivity index is 1.51. The van der Waals surface area contributed by atoms with Crippen molar-refractivity contribution < 1.29 is 12.8 Å². The van der Waals surface area contributed by atoms with Crippen molar-refractivity contribution in [1.29, 1.82) is 0 Å². The van der Waals surface area contributed by atoms with E-state index >= 15 is 0 Å². The van der Waals surface area contributed by atoms with E-state index in [4.69, 9.17) is 11.6 Å². The van der Waals surface area contributed by atoms with Crippen molar-refractivity contribution in [2.75, 3.05) is 43.3 Å². The van der Waals surface area contributed by atoms with Crippen LogP contribution in [0.5, 0.6) is 0 Å². The molecule has 1 atom stereocenters. The number of hydrogen-bond donors (Lipinski definition) is 3. The predicted octanol–water partition coefficient (Wildman–Crippen LogP) is 2.62. The number of unbranched alkanes of at least 4 members (excludes halogenated alkanes) is 1. The van der Waals surface area contributed by atoms with Crippen LogP contribution in [-0.2, 0) is 10.0 Å². The molecule has 0 spiro atoms. The van der Waals surface area contributed by atoms with Gasteiger partial charge in [-0.3, -0.25) is 4.72 Å². The fourth-order valence-corrected chi connectivity index (χ4v) is 5.26. The third-order valence-corrected chi connectivity index (χ3v) is 7.17. The monoisotopic (exact) mass is 462 g/mol. The lowest BCUT2D eigenvalue weighted by molar-refractivity contribution is 0.323. The Labute approximate surface area is 179 Å². The third-order valence-electron chi connectivity index (χ3n) is 4.79. The largest absolute Gasteiger partial charge is 0.384 e. The predicted molar refractivity (Wildman–Crippen MR) is 114 cm³/mol. The van der Waals surface area contributed by atoms with E-state index in [9.17, 15) is 12.8 Å². The molecule has 2 aromatic rings. The van der Waals surface area contributed by atoms with Gasteiger partial charge in [0.05, 0.1) is 10.7 Å². The summed E-state index contributed by atoms with van der Waals surface area (Å²) in [5.74, 6) is -0.885. The third kappa shape index (κ3) is 5.98. The van der Waals surface area contributed by atoms with Crippen molar-refractivity contribution in [1.82, 2.24) is 19.6 Å². The van der Waals surface area contributed by atoms with Crippen LogP contribution < -0.4 is 15.4 Å². The number of rotatable bonds is 10. The summed E-state index contributed by atoms with van der Waals surface area (Å²) >= 11 is 7.03. The van der Waals surface area contributed by atoms with E-state index < -0.39 is 20.7 Å². The molecule has 0 saturated carbocycles. The number of nitrogens with one attached hydrogen (secondary N) is 3. The lowest BCUT2D eigenvalue weighted by Gasteiger charge is -2.16. The Morgan fingerprint density at radius 1 is 1.38 bits per heavy atom. The average molecular weight is 463 g/mol. The van der Waals surface area contributed by atoms with Gasteiger partial charge in [0.1, 0.15) is 17.0 Å². The quantitative estimate of drug-likeness (QED) is 0.467. The van der Waals surface area contributed by atoms with Crippen LogP contribution in [0.3, 0.4) is 0 Å². The van der Waals surface area contributed by atoms with E-state index in [0.717, 1.165) is 56.1 Å². The molecule has 0 bridgehead atoms.